The average molecular weight is 602 g/mol. The summed E-state index contributed by atoms with van der Waals surface area (Å²) in [5, 5.41) is 10.5. The van der Waals surface area contributed by atoms with Crippen LogP contribution in [-0.4, -0.2) is 38.1 Å². The molecule has 4 saturated carbocycles. The minimum absolute atomic E-state index is 0.00715. The van der Waals surface area contributed by atoms with Crippen LogP contribution in [0.25, 0.3) is 0 Å². The van der Waals surface area contributed by atoms with Gasteiger partial charge in [-0.2, -0.15) is 0 Å². The van der Waals surface area contributed by atoms with E-state index in [1.807, 2.05) is 0 Å². The van der Waals surface area contributed by atoms with Crippen molar-refractivity contribution in [3.8, 4) is 0 Å². The summed E-state index contributed by atoms with van der Waals surface area (Å²) in [6, 6.07) is 6.56. The number of fused-ring (bicyclic) bond motifs is 5. The Morgan fingerprint density at radius 1 is 1.00 bits per heavy atom. The third-order valence-electron chi connectivity index (χ3n) is 12.3. The van der Waals surface area contributed by atoms with Gasteiger partial charge < -0.3 is 9.84 Å². The van der Waals surface area contributed by atoms with Gasteiger partial charge in [0.2, 0.25) is 0 Å². The largest absolute Gasteiger partial charge is 0.449 e. The van der Waals surface area contributed by atoms with E-state index in [1.165, 1.54) is 12.1 Å². The van der Waals surface area contributed by atoms with Gasteiger partial charge in [-0.05, 0) is 115 Å². The number of ketones is 1. The van der Waals surface area contributed by atoms with Crippen molar-refractivity contribution in [3.63, 3.8) is 0 Å². The standard InChI is InChI=1S/C34H51NO6S/c1-7-25-28-20-23(36)14-17-34(28,6)27-15-18-33(5)22(10-13-26(33)29(27)30(25)37)16-19-41-31(38)35-42(39,40)24-11-8-21(9-12-24)32(2,3)4/h8-9,11-12,22-23,25-29,36H,7,10,13-20H2,1-6H3,(H,35,38)/t22-,23-,25-,26?,27+,28?,29+,33-,34?/m1/s1. The number of aliphatic hydroxyl groups excluding tert-OH is 1. The van der Waals surface area contributed by atoms with Crippen molar-refractivity contribution >= 4 is 21.9 Å². The van der Waals surface area contributed by atoms with Crippen molar-refractivity contribution in [1.29, 1.82) is 0 Å². The van der Waals surface area contributed by atoms with E-state index < -0.39 is 16.1 Å². The molecule has 234 valence electrons. The SMILES string of the molecule is CC[C@H]1C(=O)[C@H]2C3CC[C@H](CCOC(=O)NS(=O)(=O)c4ccc(C(C)(C)C)cc4)[C@@]3(C)CC[C@@H]2C2(C)CC[C@@H](O)CC12. The van der Waals surface area contributed by atoms with E-state index in [2.05, 4.69) is 46.3 Å². The van der Waals surface area contributed by atoms with Gasteiger partial charge in [0.15, 0.2) is 0 Å². The summed E-state index contributed by atoms with van der Waals surface area (Å²) >= 11 is 0. The van der Waals surface area contributed by atoms with E-state index in [1.54, 1.807) is 12.1 Å². The van der Waals surface area contributed by atoms with E-state index >= 15 is 0 Å². The number of benzene rings is 1. The number of sulfonamides is 1. The summed E-state index contributed by atoms with van der Waals surface area (Å²) < 4.78 is 33.0. The van der Waals surface area contributed by atoms with Gasteiger partial charge in [-0.15, -0.1) is 0 Å². The maximum Gasteiger partial charge on any atom is 0.421 e. The van der Waals surface area contributed by atoms with Gasteiger partial charge in [0, 0.05) is 11.8 Å². The minimum atomic E-state index is -4.03. The molecular weight excluding hydrogens is 550 g/mol. The Hall–Kier alpha value is -1.93. The zero-order chi connectivity index (χ0) is 30.7. The first-order valence-corrected chi connectivity index (χ1v) is 17.6. The Kier molecular flexibility index (Phi) is 8.41. The molecule has 0 radical (unpaired) electrons. The molecule has 3 unspecified atom stereocenters. The van der Waals surface area contributed by atoms with Crippen molar-refractivity contribution in [1.82, 2.24) is 4.72 Å². The number of hydrogen-bond acceptors (Lipinski definition) is 6. The Labute approximate surface area is 252 Å². The van der Waals surface area contributed by atoms with Crippen LogP contribution in [0.4, 0.5) is 4.79 Å². The van der Waals surface area contributed by atoms with Crippen LogP contribution >= 0.6 is 0 Å². The predicted molar refractivity (Wildman–Crippen MR) is 162 cm³/mol. The third-order valence-corrected chi connectivity index (χ3v) is 13.6. The molecule has 0 aliphatic heterocycles. The van der Waals surface area contributed by atoms with Crippen LogP contribution in [0.3, 0.4) is 0 Å². The monoisotopic (exact) mass is 601 g/mol. The van der Waals surface area contributed by atoms with Crippen molar-refractivity contribution < 1.29 is 27.9 Å². The number of nitrogens with one attached hydrogen (secondary N) is 1. The van der Waals surface area contributed by atoms with Crippen LogP contribution in [-0.2, 0) is 25.0 Å². The van der Waals surface area contributed by atoms with Gasteiger partial charge in [0.05, 0.1) is 17.6 Å². The van der Waals surface area contributed by atoms with Crippen LogP contribution in [0.5, 0.6) is 0 Å². The molecule has 0 bridgehead atoms. The summed E-state index contributed by atoms with van der Waals surface area (Å²) in [5.41, 5.74) is 1.02. The number of carbonyl (C=O) groups is 2. The van der Waals surface area contributed by atoms with Gasteiger partial charge in [0.25, 0.3) is 10.0 Å². The average Bonchev–Trinajstić information content (AvgIpc) is 3.25. The third kappa shape index (κ3) is 5.44. The van der Waals surface area contributed by atoms with E-state index in [-0.39, 0.29) is 51.6 Å². The zero-order valence-corrected chi connectivity index (χ0v) is 27.1. The highest BCUT2D eigenvalue weighted by Crippen LogP contribution is 2.68. The summed E-state index contributed by atoms with van der Waals surface area (Å²) in [5.74, 6) is 1.86. The van der Waals surface area contributed by atoms with Gasteiger partial charge in [-0.3, -0.25) is 4.79 Å². The molecule has 8 heteroatoms. The molecule has 0 heterocycles. The van der Waals surface area contributed by atoms with Crippen molar-refractivity contribution in [3.05, 3.63) is 29.8 Å². The van der Waals surface area contributed by atoms with E-state index in [4.69, 9.17) is 4.74 Å². The Morgan fingerprint density at radius 2 is 1.64 bits per heavy atom. The first-order valence-electron chi connectivity index (χ1n) is 16.1. The number of carbonyl (C=O) groups excluding carboxylic acids is 2. The Balaban J connectivity index is 1.21. The molecule has 2 N–H and O–H groups in total. The van der Waals surface area contributed by atoms with E-state index in [9.17, 15) is 23.1 Å². The molecule has 5 rings (SSSR count). The lowest BCUT2D eigenvalue weighted by molar-refractivity contribution is -0.172. The second kappa shape index (κ2) is 11.2. The Bertz CT molecular complexity index is 1290. The predicted octanol–water partition coefficient (Wildman–Crippen LogP) is 6.62. The molecule has 0 aromatic heterocycles. The maximum atomic E-state index is 14.1. The minimum Gasteiger partial charge on any atom is -0.449 e. The maximum absolute atomic E-state index is 14.1. The molecule has 0 spiro atoms. The highest BCUT2D eigenvalue weighted by Gasteiger charge is 2.64. The first kappa shape index (κ1) is 31.5. The number of hydrogen-bond donors (Lipinski definition) is 2. The summed E-state index contributed by atoms with van der Waals surface area (Å²) in [7, 11) is -4.03. The van der Waals surface area contributed by atoms with Crippen LogP contribution in [0.1, 0.15) is 105 Å². The molecule has 1 aromatic carbocycles. The second-order valence-electron chi connectivity index (χ2n) is 15.3. The molecule has 4 aliphatic carbocycles. The fourth-order valence-corrected chi connectivity index (χ4v) is 10.7. The summed E-state index contributed by atoms with van der Waals surface area (Å²) in [6.45, 7) is 13.2. The molecule has 7 nitrogen and oxygen atoms in total. The van der Waals surface area contributed by atoms with E-state index in [0.29, 0.717) is 30.0 Å². The number of aliphatic hydroxyl groups is 1. The highest BCUT2D eigenvalue weighted by atomic mass is 32.2. The molecule has 4 aliphatic rings. The topological polar surface area (TPSA) is 110 Å². The quantitative estimate of drug-likeness (QED) is 0.379. The lowest BCUT2D eigenvalue weighted by Crippen LogP contribution is -2.60. The van der Waals surface area contributed by atoms with E-state index in [0.717, 1.165) is 56.9 Å². The van der Waals surface area contributed by atoms with Gasteiger partial charge in [-0.1, -0.05) is 53.7 Å². The number of Topliss-reactive ketones (excluding diaryl/α,β-unsaturated/α-hetero) is 1. The molecule has 1 amide bonds. The highest BCUT2D eigenvalue weighted by molar-refractivity contribution is 7.90. The Morgan fingerprint density at radius 3 is 2.29 bits per heavy atom. The molecular formula is C34H51NO6S. The lowest BCUT2D eigenvalue weighted by Gasteiger charge is -2.62. The lowest BCUT2D eigenvalue weighted by atomic mass is 9.42. The number of amides is 1. The van der Waals surface area contributed by atoms with Gasteiger partial charge in [0.1, 0.15) is 5.78 Å². The first-order chi connectivity index (χ1) is 19.6. The molecule has 1 aromatic rings. The molecule has 4 fully saturated rings. The molecule has 0 saturated heterocycles. The van der Waals surface area contributed by atoms with Gasteiger partial charge in [-0.25, -0.2) is 17.9 Å². The molecule has 42 heavy (non-hydrogen) atoms. The van der Waals surface area contributed by atoms with Crippen LogP contribution in [0.2, 0.25) is 0 Å². The van der Waals surface area contributed by atoms with Crippen molar-refractivity contribution in [2.24, 2.45) is 46.3 Å². The zero-order valence-electron chi connectivity index (χ0n) is 26.3. The second-order valence-corrected chi connectivity index (χ2v) is 17.0. The fourth-order valence-electron chi connectivity index (χ4n) is 9.84. The summed E-state index contributed by atoms with van der Waals surface area (Å²) in [6.07, 6.45) is 6.96. The van der Waals surface area contributed by atoms with Crippen molar-refractivity contribution in [2.75, 3.05) is 6.61 Å². The van der Waals surface area contributed by atoms with Crippen LogP contribution in [0.15, 0.2) is 29.2 Å². The van der Waals surface area contributed by atoms with Crippen LogP contribution < -0.4 is 4.72 Å². The van der Waals surface area contributed by atoms with Crippen molar-refractivity contribution in [2.45, 2.75) is 116 Å². The molecule has 9 atom stereocenters. The number of ether oxygens (including phenoxy) is 1. The normalized spacial score (nSPS) is 38.3. The fraction of sp³-hybridized carbons (Fsp3) is 0.765. The van der Waals surface area contributed by atoms with Crippen LogP contribution in [0, 0.1) is 46.3 Å². The smallest absolute Gasteiger partial charge is 0.421 e. The van der Waals surface area contributed by atoms with Gasteiger partial charge >= 0.3 is 6.09 Å². The number of rotatable bonds is 6. The summed E-state index contributed by atoms with van der Waals surface area (Å²) in [4.78, 5) is 26.6.